The van der Waals surface area contributed by atoms with Crippen LogP contribution >= 0.6 is 15.9 Å². The van der Waals surface area contributed by atoms with E-state index in [0.29, 0.717) is 16.0 Å². The van der Waals surface area contributed by atoms with Gasteiger partial charge in [0.25, 0.3) is 11.8 Å². The number of esters is 1. The lowest BCUT2D eigenvalue weighted by Crippen LogP contribution is -2.58. The van der Waals surface area contributed by atoms with Crippen molar-refractivity contribution in [1.29, 1.82) is 0 Å². The maximum absolute atomic E-state index is 13.3. The van der Waals surface area contributed by atoms with E-state index >= 15 is 0 Å². The summed E-state index contributed by atoms with van der Waals surface area (Å²) in [6.45, 7) is 0. The maximum atomic E-state index is 13.3. The van der Waals surface area contributed by atoms with Gasteiger partial charge in [-0.25, -0.2) is 9.59 Å². The van der Waals surface area contributed by atoms with Gasteiger partial charge in [-0.15, -0.1) is 0 Å². The lowest BCUT2D eigenvalue weighted by molar-refractivity contribution is -0.132. The third kappa shape index (κ3) is 4.84. The lowest BCUT2D eigenvalue weighted by Gasteiger charge is -2.35. The Morgan fingerprint density at radius 2 is 1.86 bits per heavy atom. The zero-order chi connectivity index (χ0) is 24.5. The summed E-state index contributed by atoms with van der Waals surface area (Å²) in [6, 6.07) is 13.4. The summed E-state index contributed by atoms with van der Waals surface area (Å²) in [5.74, 6) is -0.988. The van der Waals surface area contributed by atoms with Crippen LogP contribution < -0.4 is 10.1 Å². The summed E-state index contributed by atoms with van der Waals surface area (Å²) in [5.41, 5.74) is 1.04. The molecule has 3 atom stereocenters. The molecule has 0 unspecified atom stereocenters. The Balaban J connectivity index is 1.41. The van der Waals surface area contributed by atoms with E-state index in [9.17, 15) is 19.2 Å². The number of fused-ring (bicyclic) bond motifs is 2. The highest BCUT2D eigenvalue weighted by atomic mass is 79.9. The largest absolute Gasteiger partial charge is 0.423 e. The van der Waals surface area contributed by atoms with Crippen LogP contribution in [0.5, 0.6) is 5.75 Å². The maximum Gasteiger partial charge on any atom is 0.336 e. The van der Waals surface area contributed by atoms with Gasteiger partial charge in [-0.05, 0) is 67.0 Å². The van der Waals surface area contributed by atoms with Crippen LogP contribution in [0, 0.1) is 11.8 Å². The van der Waals surface area contributed by atoms with E-state index in [1.807, 2.05) is 30.3 Å². The molecule has 2 aromatic carbocycles. The molecule has 35 heavy (non-hydrogen) atoms. The first-order chi connectivity index (χ1) is 16.9. The summed E-state index contributed by atoms with van der Waals surface area (Å²) in [6.07, 6.45) is 8.21. The van der Waals surface area contributed by atoms with Gasteiger partial charge >= 0.3 is 12.0 Å². The molecular weight excluding hydrogens is 512 g/mol. The second-order valence-electron chi connectivity index (χ2n) is 9.08. The van der Waals surface area contributed by atoms with Crippen molar-refractivity contribution in [1.82, 2.24) is 10.2 Å². The molecule has 2 saturated carbocycles. The smallest absolute Gasteiger partial charge is 0.336 e. The van der Waals surface area contributed by atoms with Crippen molar-refractivity contribution in [3.05, 3.63) is 75.8 Å². The molecule has 1 saturated heterocycles. The molecule has 8 heteroatoms. The van der Waals surface area contributed by atoms with Crippen molar-refractivity contribution in [3.63, 3.8) is 0 Å². The van der Waals surface area contributed by atoms with Gasteiger partial charge in [0.2, 0.25) is 0 Å². The number of nitrogens with one attached hydrogen (secondary N) is 1. The van der Waals surface area contributed by atoms with E-state index in [-0.39, 0.29) is 23.3 Å². The van der Waals surface area contributed by atoms with E-state index in [2.05, 4.69) is 21.2 Å². The SMILES string of the molecule is O=C(/C=C/c1ccccc1)Oc1ccc(Br)cc1/C=C1/C(=O)NC(=O)N([C@H]2C[C@H]3CC[C@H]2C3)C1=O. The van der Waals surface area contributed by atoms with Gasteiger partial charge in [-0.1, -0.05) is 52.7 Å². The summed E-state index contributed by atoms with van der Waals surface area (Å²) in [5, 5.41) is 2.31. The van der Waals surface area contributed by atoms with Gasteiger partial charge in [0.05, 0.1) is 0 Å². The number of carbonyl (C=O) groups excluding carboxylic acids is 4. The van der Waals surface area contributed by atoms with Crippen molar-refractivity contribution in [3.8, 4) is 5.75 Å². The number of imide groups is 2. The molecule has 0 aromatic heterocycles. The molecule has 4 amide bonds. The van der Waals surface area contributed by atoms with Gasteiger partial charge in [0, 0.05) is 22.2 Å². The minimum absolute atomic E-state index is 0.164. The van der Waals surface area contributed by atoms with Crippen LogP contribution in [0.3, 0.4) is 0 Å². The van der Waals surface area contributed by atoms with Gasteiger partial charge in [-0.3, -0.25) is 19.8 Å². The van der Waals surface area contributed by atoms with Gasteiger partial charge in [0.1, 0.15) is 11.3 Å². The summed E-state index contributed by atoms with van der Waals surface area (Å²) >= 11 is 3.38. The van der Waals surface area contributed by atoms with Crippen LogP contribution in [0.2, 0.25) is 0 Å². The average molecular weight is 535 g/mol. The summed E-state index contributed by atoms with van der Waals surface area (Å²) in [7, 11) is 0. The molecule has 2 bridgehead atoms. The number of nitrogens with zero attached hydrogens (tertiary/aromatic N) is 1. The Hall–Kier alpha value is -3.52. The predicted octanol–water partition coefficient (Wildman–Crippen LogP) is 4.72. The number of benzene rings is 2. The second-order valence-corrected chi connectivity index (χ2v) is 10.00. The molecule has 1 aliphatic heterocycles. The molecular formula is C27H23BrN2O5. The minimum Gasteiger partial charge on any atom is -0.423 e. The van der Waals surface area contributed by atoms with Crippen molar-refractivity contribution >= 4 is 51.9 Å². The fourth-order valence-corrected chi connectivity index (χ4v) is 5.63. The van der Waals surface area contributed by atoms with Gasteiger partial charge in [-0.2, -0.15) is 0 Å². The first-order valence-electron chi connectivity index (χ1n) is 11.5. The van der Waals surface area contributed by atoms with Crippen molar-refractivity contribution in [2.75, 3.05) is 0 Å². The molecule has 7 nitrogen and oxygen atoms in total. The molecule has 2 aliphatic carbocycles. The molecule has 5 rings (SSSR count). The third-order valence-corrected chi connectivity index (χ3v) is 7.35. The molecule has 2 aromatic rings. The molecule has 3 fully saturated rings. The number of barbiturate groups is 1. The molecule has 3 aliphatic rings. The molecule has 1 heterocycles. The van der Waals surface area contributed by atoms with Crippen LogP contribution in [0.15, 0.2) is 64.7 Å². The Morgan fingerprint density at radius 1 is 1.06 bits per heavy atom. The highest BCUT2D eigenvalue weighted by molar-refractivity contribution is 9.10. The second kappa shape index (κ2) is 9.62. The van der Waals surface area contributed by atoms with Crippen LogP contribution in [0.4, 0.5) is 4.79 Å². The number of hydrogen-bond donors (Lipinski definition) is 1. The zero-order valence-electron chi connectivity index (χ0n) is 18.8. The first kappa shape index (κ1) is 23.2. The number of ether oxygens (including phenoxy) is 1. The monoisotopic (exact) mass is 534 g/mol. The average Bonchev–Trinajstić information content (AvgIpc) is 3.46. The Morgan fingerprint density at radius 3 is 2.57 bits per heavy atom. The highest BCUT2D eigenvalue weighted by Gasteiger charge is 2.49. The zero-order valence-corrected chi connectivity index (χ0v) is 20.4. The normalized spacial score (nSPS) is 24.9. The van der Waals surface area contributed by atoms with Crippen molar-refractivity contribution in [2.45, 2.75) is 31.7 Å². The molecule has 178 valence electrons. The van der Waals surface area contributed by atoms with E-state index < -0.39 is 23.8 Å². The fourth-order valence-electron chi connectivity index (χ4n) is 5.25. The van der Waals surface area contributed by atoms with E-state index in [1.165, 1.54) is 17.1 Å². The Kier molecular flexibility index (Phi) is 6.38. The highest BCUT2D eigenvalue weighted by Crippen LogP contribution is 2.47. The summed E-state index contributed by atoms with van der Waals surface area (Å²) in [4.78, 5) is 52.2. The van der Waals surface area contributed by atoms with Crippen LogP contribution in [-0.2, 0) is 14.4 Å². The van der Waals surface area contributed by atoms with Crippen molar-refractivity contribution in [2.24, 2.45) is 11.8 Å². The summed E-state index contributed by atoms with van der Waals surface area (Å²) < 4.78 is 6.18. The molecule has 0 radical (unpaired) electrons. The fraction of sp³-hybridized carbons (Fsp3) is 0.259. The number of rotatable bonds is 5. The Bertz CT molecular complexity index is 1270. The van der Waals surface area contributed by atoms with Gasteiger partial charge in [0.15, 0.2) is 0 Å². The molecule has 0 spiro atoms. The van der Waals surface area contributed by atoms with Gasteiger partial charge < -0.3 is 4.74 Å². The molecule has 1 N–H and O–H groups in total. The number of halogens is 1. The quantitative estimate of drug-likeness (QED) is 0.259. The standard InChI is InChI=1S/C27H23BrN2O5/c28-20-9-10-23(35-24(31)11-7-16-4-2-1-3-5-16)19(14-20)15-21-25(32)29-27(34)30(26(21)33)22-13-17-6-8-18(22)12-17/h1-5,7,9-11,14-15,17-18,22H,6,8,12-13H2,(H,29,32,34)/b11-7+,21-15-/t17-,18-,22-/m0/s1. The predicted molar refractivity (Wildman–Crippen MR) is 133 cm³/mol. The van der Waals surface area contributed by atoms with E-state index in [0.717, 1.165) is 31.2 Å². The number of amides is 4. The van der Waals surface area contributed by atoms with Crippen LogP contribution in [0.25, 0.3) is 12.2 Å². The number of urea groups is 1. The van der Waals surface area contributed by atoms with Crippen molar-refractivity contribution < 1.29 is 23.9 Å². The lowest BCUT2D eigenvalue weighted by atomic mass is 9.93. The van der Waals surface area contributed by atoms with Crippen LogP contribution in [0.1, 0.15) is 36.8 Å². The topological polar surface area (TPSA) is 92.8 Å². The number of carbonyl (C=O) groups is 4. The van der Waals surface area contributed by atoms with Crippen LogP contribution in [-0.4, -0.2) is 34.8 Å². The van der Waals surface area contributed by atoms with E-state index in [1.54, 1.807) is 24.3 Å². The third-order valence-electron chi connectivity index (χ3n) is 6.86. The Labute approximate surface area is 211 Å². The number of hydrogen-bond acceptors (Lipinski definition) is 5. The first-order valence-corrected chi connectivity index (χ1v) is 12.3. The minimum atomic E-state index is -0.763. The van der Waals surface area contributed by atoms with E-state index in [4.69, 9.17) is 4.74 Å².